The van der Waals surface area contributed by atoms with Crippen LogP contribution in [0.25, 0.3) is 5.82 Å². The molecule has 0 bridgehead atoms. The minimum Gasteiger partial charge on any atom is -0.342 e. The Balaban J connectivity index is 1.39. The van der Waals surface area contributed by atoms with Crippen LogP contribution in [0.1, 0.15) is 37.4 Å². The van der Waals surface area contributed by atoms with Crippen molar-refractivity contribution in [1.29, 1.82) is 0 Å². The van der Waals surface area contributed by atoms with Crippen molar-refractivity contribution < 1.29 is 0 Å². The van der Waals surface area contributed by atoms with E-state index in [2.05, 4.69) is 19.4 Å². The molecule has 0 N–H and O–H groups in total. The summed E-state index contributed by atoms with van der Waals surface area (Å²) in [6.45, 7) is 1.51. The van der Waals surface area contributed by atoms with Gasteiger partial charge < -0.3 is 4.90 Å². The number of hydrogen-bond donors (Lipinski definition) is 0. The summed E-state index contributed by atoms with van der Waals surface area (Å²) in [4.78, 5) is 23.4. The predicted molar refractivity (Wildman–Crippen MR) is 97.9 cm³/mol. The molecule has 0 amide bonds. The third-order valence-corrected chi connectivity index (χ3v) is 5.77. The fourth-order valence-electron chi connectivity index (χ4n) is 3.43. The van der Waals surface area contributed by atoms with Crippen molar-refractivity contribution in [3.05, 3.63) is 47.0 Å². The lowest BCUT2D eigenvalue weighted by molar-refractivity contribution is 0.485. The van der Waals surface area contributed by atoms with Gasteiger partial charge in [0.05, 0.1) is 12.6 Å². The fraction of sp³-hybridized carbons (Fsp3) is 0.471. The third kappa shape index (κ3) is 2.92. The molecule has 1 atom stereocenters. The summed E-state index contributed by atoms with van der Waals surface area (Å²) in [6.07, 6.45) is 9.74. The van der Waals surface area contributed by atoms with Gasteiger partial charge in [0, 0.05) is 42.5 Å². The molecular weight excluding hydrogens is 350 g/mol. The first-order chi connectivity index (χ1) is 12.8. The second-order valence-corrected chi connectivity index (χ2v) is 7.61. The molecule has 3 aromatic rings. The second-order valence-electron chi connectivity index (χ2n) is 6.88. The van der Waals surface area contributed by atoms with Gasteiger partial charge >= 0.3 is 0 Å². The molecule has 2 aliphatic rings. The Kier molecular flexibility index (Phi) is 3.81. The number of rotatable bonds is 5. The van der Waals surface area contributed by atoms with E-state index in [1.807, 2.05) is 6.20 Å². The summed E-state index contributed by atoms with van der Waals surface area (Å²) in [5.41, 5.74) is -0.0864. The highest BCUT2D eigenvalue weighted by molar-refractivity contribution is 7.09. The highest BCUT2D eigenvalue weighted by atomic mass is 32.1. The van der Waals surface area contributed by atoms with Gasteiger partial charge in [-0.25, -0.2) is 14.6 Å². The first-order valence-electron chi connectivity index (χ1n) is 8.95. The van der Waals surface area contributed by atoms with E-state index >= 15 is 0 Å². The second kappa shape index (κ2) is 6.31. The van der Waals surface area contributed by atoms with Crippen LogP contribution in [0, 0.1) is 0 Å². The SMILES string of the molecule is O=c1ccc(-n2ccnc2)nn1CC1CCCN1c1nc(C2CC2)ns1. The molecule has 4 heterocycles. The van der Waals surface area contributed by atoms with E-state index in [1.165, 1.54) is 24.4 Å². The maximum absolute atomic E-state index is 12.3. The first-order valence-corrected chi connectivity index (χ1v) is 9.72. The van der Waals surface area contributed by atoms with E-state index in [4.69, 9.17) is 4.98 Å². The van der Waals surface area contributed by atoms with Gasteiger partial charge in [0.15, 0.2) is 5.82 Å². The molecule has 5 rings (SSSR count). The van der Waals surface area contributed by atoms with Gasteiger partial charge in [-0.3, -0.25) is 9.36 Å². The maximum atomic E-state index is 12.3. The average molecular weight is 369 g/mol. The van der Waals surface area contributed by atoms with Crippen LogP contribution in [0.2, 0.25) is 0 Å². The van der Waals surface area contributed by atoms with Gasteiger partial charge in [-0.15, -0.1) is 0 Å². The Morgan fingerprint density at radius 1 is 1.23 bits per heavy atom. The molecule has 1 aliphatic carbocycles. The highest BCUT2D eigenvalue weighted by Crippen LogP contribution is 2.40. The van der Waals surface area contributed by atoms with Crippen molar-refractivity contribution in [2.24, 2.45) is 0 Å². The van der Waals surface area contributed by atoms with Gasteiger partial charge in [0.25, 0.3) is 5.56 Å². The minimum atomic E-state index is -0.0864. The number of nitrogens with zero attached hydrogens (tertiary/aromatic N) is 7. The standard InChI is InChI=1S/C17H19N7OS/c25-15-6-5-14(22-9-7-18-11-22)20-24(15)10-13-2-1-8-23(13)17-19-16(21-26-17)12-3-4-12/h5-7,9,11-13H,1-4,8,10H2. The normalized spacial score (nSPS) is 20.0. The van der Waals surface area contributed by atoms with Crippen LogP contribution < -0.4 is 10.5 Å². The van der Waals surface area contributed by atoms with Gasteiger partial charge in [-0.1, -0.05) is 0 Å². The van der Waals surface area contributed by atoms with E-state index in [9.17, 15) is 4.79 Å². The van der Waals surface area contributed by atoms with E-state index < -0.39 is 0 Å². The van der Waals surface area contributed by atoms with Crippen molar-refractivity contribution in [1.82, 2.24) is 28.7 Å². The Labute approximate surface area is 154 Å². The molecule has 8 nitrogen and oxygen atoms in total. The monoisotopic (exact) mass is 369 g/mol. The summed E-state index contributed by atoms with van der Waals surface area (Å²) in [5.74, 6) is 2.25. The van der Waals surface area contributed by atoms with E-state index in [-0.39, 0.29) is 11.6 Å². The molecule has 1 aliphatic heterocycles. The molecule has 2 fully saturated rings. The topological polar surface area (TPSA) is 81.7 Å². The van der Waals surface area contributed by atoms with Crippen LogP contribution in [0.3, 0.4) is 0 Å². The Bertz CT molecular complexity index is 960. The number of anilines is 1. The van der Waals surface area contributed by atoms with E-state index in [0.29, 0.717) is 18.3 Å². The molecular formula is C17H19N7OS. The summed E-state index contributed by atoms with van der Waals surface area (Å²) in [5, 5.41) is 5.50. The Morgan fingerprint density at radius 2 is 2.15 bits per heavy atom. The Morgan fingerprint density at radius 3 is 2.96 bits per heavy atom. The summed E-state index contributed by atoms with van der Waals surface area (Å²) >= 11 is 1.48. The first kappa shape index (κ1) is 15.7. The smallest absolute Gasteiger partial charge is 0.266 e. The zero-order valence-electron chi connectivity index (χ0n) is 14.2. The van der Waals surface area contributed by atoms with Crippen molar-refractivity contribution in [2.45, 2.75) is 44.2 Å². The zero-order valence-corrected chi connectivity index (χ0v) is 15.0. The third-order valence-electron chi connectivity index (χ3n) is 5.00. The quantitative estimate of drug-likeness (QED) is 0.682. The molecule has 1 unspecified atom stereocenters. The molecule has 0 spiro atoms. The van der Waals surface area contributed by atoms with Crippen molar-refractivity contribution in [3.63, 3.8) is 0 Å². The van der Waals surface area contributed by atoms with Crippen LogP contribution in [0.15, 0.2) is 35.6 Å². The van der Waals surface area contributed by atoms with Gasteiger partial charge in [0.1, 0.15) is 12.2 Å². The predicted octanol–water partition coefficient (Wildman–Crippen LogP) is 1.83. The van der Waals surface area contributed by atoms with Crippen LogP contribution in [0.4, 0.5) is 5.13 Å². The van der Waals surface area contributed by atoms with Crippen LogP contribution >= 0.6 is 11.5 Å². The lowest BCUT2D eigenvalue weighted by atomic mass is 10.2. The molecule has 1 saturated carbocycles. The lowest BCUT2D eigenvalue weighted by Gasteiger charge is -2.23. The molecule has 134 valence electrons. The van der Waals surface area contributed by atoms with Crippen LogP contribution in [-0.2, 0) is 6.54 Å². The van der Waals surface area contributed by atoms with Gasteiger partial charge in [-0.2, -0.15) is 9.47 Å². The summed E-state index contributed by atoms with van der Waals surface area (Å²) < 4.78 is 7.88. The van der Waals surface area contributed by atoms with E-state index in [0.717, 1.165) is 30.3 Å². The highest BCUT2D eigenvalue weighted by Gasteiger charge is 2.32. The largest absolute Gasteiger partial charge is 0.342 e. The fourth-order valence-corrected chi connectivity index (χ4v) is 4.27. The number of imidazole rings is 1. The molecule has 3 aromatic heterocycles. The zero-order chi connectivity index (χ0) is 17.5. The number of hydrogen-bond acceptors (Lipinski definition) is 7. The van der Waals surface area contributed by atoms with Crippen molar-refractivity contribution in [2.75, 3.05) is 11.4 Å². The van der Waals surface area contributed by atoms with Gasteiger partial charge in [-0.05, 0) is 31.7 Å². The summed E-state index contributed by atoms with van der Waals surface area (Å²) in [7, 11) is 0. The van der Waals surface area contributed by atoms with Crippen LogP contribution in [0.5, 0.6) is 0 Å². The molecule has 9 heteroatoms. The minimum absolute atomic E-state index is 0.0864. The van der Waals surface area contributed by atoms with Crippen LogP contribution in [-0.4, -0.2) is 41.3 Å². The molecule has 1 saturated heterocycles. The Hall–Kier alpha value is -2.55. The summed E-state index contributed by atoms with van der Waals surface area (Å²) in [6, 6.07) is 3.51. The molecule has 0 radical (unpaired) electrons. The van der Waals surface area contributed by atoms with Gasteiger partial charge in [0.2, 0.25) is 5.13 Å². The van der Waals surface area contributed by atoms with E-state index in [1.54, 1.807) is 33.9 Å². The maximum Gasteiger partial charge on any atom is 0.266 e. The average Bonchev–Trinajstić information content (AvgIpc) is 3.09. The lowest BCUT2D eigenvalue weighted by Crippen LogP contribution is -2.37. The van der Waals surface area contributed by atoms with Crippen molar-refractivity contribution in [3.8, 4) is 5.82 Å². The molecule has 26 heavy (non-hydrogen) atoms. The number of aromatic nitrogens is 6. The molecule has 0 aromatic carbocycles. The van der Waals surface area contributed by atoms with Crippen molar-refractivity contribution >= 4 is 16.7 Å².